The first-order valence-corrected chi connectivity index (χ1v) is 3.73. The molecular formula is C8H13OSi. The molecule has 0 spiro atoms. The van der Waals surface area contributed by atoms with Gasteiger partial charge in [-0.15, -0.1) is 13.2 Å². The smallest absolute Gasteiger partial charge is 0.0764 e. The highest BCUT2D eigenvalue weighted by molar-refractivity contribution is 6.15. The molecule has 0 aliphatic heterocycles. The molecule has 3 radical (unpaired) electrons. The number of hydrogen-bond acceptors (Lipinski definition) is 1. The molecule has 1 nitrogen and oxygen atoms in total. The molecule has 0 heterocycles. The monoisotopic (exact) mass is 153 g/mol. The van der Waals surface area contributed by atoms with Crippen molar-refractivity contribution >= 4 is 10.2 Å². The van der Waals surface area contributed by atoms with Crippen molar-refractivity contribution < 1.29 is 4.74 Å². The van der Waals surface area contributed by atoms with Crippen LogP contribution < -0.4 is 0 Å². The largest absolute Gasteiger partial charge is 0.379 e. The van der Waals surface area contributed by atoms with Crippen LogP contribution in [0.5, 0.6) is 0 Å². The Kier molecular flexibility index (Phi) is 4.32. The number of rotatable bonds is 5. The van der Waals surface area contributed by atoms with E-state index >= 15 is 0 Å². The van der Waals surface area contributed by atoms with E-state index in [-0.39, 0.29) is 5.22 Å². The third kappa shape index (κ3) is 2.99. The lowest BCUT2D eigenvalue weighted by Crippen LogP contribution is -2.28. The first-order chi connectivity index (χ1) is 4.68. The molecular weight excluding hydrogens is 140 g/mol. The average molecular weight is 153 g/mol. The van der Waals surface area contributed by atoms with Gasteiger partial charge < -0.3 is 4.74 Å². The summed E-state index contributed by atoms with van der Waals surface area (Å²) >= 11 is 0. The van der Waals surface area contributed by atoms with Crippen molar-refractivity contribution in [3.05, 3.63) is 25.3 Å². The second-order valence-electron chi connectivity index (χ2n) is 2.13. The SMILES string of the molecule is C=CCCC([Si])(C=C)OC. The lowest BCUT2D eigenvalue weighted by Gasteiger charge is -2.22. The van der Waals surface area contributed by atoms with E-state index in [2.05, 4.69) is 23.4 Å². The molecule has 0 saturated carbocycles. The molecule has 0 fully saturated rings. The maximum Gasteiger partial charge on any atom is 0.0764 e. The number of ether oxygens (including phenoxy) is 1. The van der Waals surface area contributed by atoms with Gasteiger partial charge in [-0.3, -0.25) is 0 Å². The third-order valence-corrected chi connectivity index (χ3v) is 2.07. The molecule has 0 aliphatic rings. The first-order valence-electron chi connectivity index (χ1n) is 3.23. The molecule has 0 bridgehead atoms. The Morgan fingerprint density at radius 3 is 2.50 bits per heavy atom. The van der Waals surface area contributed by atoms with E-state index in [1.165, 1.54) is 0 Å². The zero-order valence-electron chi connectivity index (χ0n) is 6.39. The van der Waals surface area contributed by atoms with E-state index in [9.17, 15) is 0 Å². The molecule has 0 aromatic carbocycles. The molecule has 0 rings (SSSR count). The number of allylic oxidation sites excluding steroid dienone is 1. The van der Waals surface area contributed by atoms with E-state index in [4.69, 9.17) is 4.74 Å². The Bertz CT molecular complexity index is 122. The first kappa shape index (κ1) is 9.66. The van der Waals surface area contributed by atoms with Crippen molar-refractivity contribution in [3.63, 3.8) is 0 Å². The van der Waals surface area contributed by atoms with Crippen LogP contribution in [-0.2, 0) is 4.74 Å². The highest BCUT2D eigenvalue weighted by atomic mass is 28.1. The summed E-state index contributed by atoms with van der Waals surface area (Å²) in [5.41, 5.74) is 0. The van der Waals surface area contributed by atoms with Crippen LogP contribution in [0.15, 0.2) is 25.3 Å². The Labute approximate surface area is 66.2 Å². The third-order valence-electron chi connectivity index (χ3n) is 1.41. The molecule has 1 atom stereocenters. The van der Waals surface area contributed by atoms with Gasteiger partial charge in [-0.1, -0.05) is 12.2 Å². The lowest BCUT2D eigenvalue weighted by atomic mass is 10.2. The van der Waals surface area contributed by atoms with Crippen LogP contribution in [0, 0.1) is 0 Å². The zero-order valence-corrected chi connectivity index (χ0v) is 7.39. The predicted octanol–water partition coefficient (Wildman–Crippen LogP) is 1.65. The second-order valence-corrected chi connectivity index (χ2v) is 2.97. The van der Waals surface area contributed by atoms with Gasteiger partial charge in [0.1, 0.15) is 0 Å². The van der Waals surface area contributed by atoms with Crippen LogP contribution in [0.25, 0.3) is 0 Å². The normalized spacial score (nSPS) is 15.8. The Morgan fingerprint density at radius 2 is 2.20 bits per heavy atom. The van der Waals surface area contributed by atoms with Crippen molar-refractivity contribution in [1.29, 1.82) is 0 Å². The number of methoxy groups -OCH3 is 1. The van der Waals surface area contributed by atoms with Gasteiger partial charge in [-0.05, 0) is 12.8 Å². The standard InChI is InChI=1S/C8H13OSi/c1-4-6-7-8(10,5-2)9-3/h4-5H,1-2,6-7H2,3H3. The summed E-state index contributed by atoms with van der Waals surface area (Å²) in [7, 11) is 5.10. The number of hydrogen-bond donors (Lipinski definition) is 0. The topological polar surface area (TPSA) is 9.23 Å². The van der Waals surface area contributed by atoms with Crippen molar-refractivity contribution in [3.8, 4) is 0 Å². The van der Waals surface area contributed by atoms with Crippen LogP contribution >= 0.6 is 0 Å². The fourth-order valence-corrected chi connectivity index (χ4v) is 0.748. The van der Waals surface area contributed by atoms with Crippen molar-refractivity contribution in [1.82, 2.24) is 0 Å². The summed E-state index contributed by atoms with van der Waals surface area (Å²) in [5, 5.41) is -0.367. The van der Waals surface area contributed by atoms with E-state index in [0.29, 0.717) is 0 Å². The van der Waals surface area contributed by atoms with Gasteiger partial charge >= 0.3 is 0 Å². The molecule has 0 saturated heterocycles. The minimum absolute atomic E-state index is 0.367. The zero-order chi connectivity index (χ0) is 8.04. The van der Waals surface area contributed by atoms with Gasteiger partial charge in [0.25, 0.3) is 0 Å². The molecule has 0 aliphatic carbocycles. The Balaban J connectivity index is 3.79. The van der Waals surface area contributed by atoms with Crippen LogP contribution in [0.4, 0.5) is 0 Å². The molecule has 10 heavy (non-hydrogen) atoms. The molecule has 0 N–H and O–H groups in total. The summed E-state index contributed by atoms with van der Waals surface area (Å²) in [6.45, 7) is 7.27. The minimum Gasteiger partial charge on any atom is -0.379 e. The van der Waals surface area contributed by atoms with E-state index in [0.717, 1.165) is 12.8 Å². The quantitative estimate of drug-likeness (QED) is 0.431. The molecule has 0 aromatic rings. The Hall–Kier alpha value is -0.343. The highest BCUT2D eigenvalue weighted by Gasteiger charge is 2.16. The minimum atomic E-state index is -0.367. The van der Waals surface area contributed by atoms with Crippen molar-refractivity contribution in [2.24, 2.45) is 0 Å². The summed E-state index contributed by atoms with van der Waals surface area (Å²) in [6, 6.07) is 0. The van der Waals surface area contributed by atoms with Gasteiger partial charge in [0.15, 0.2) is 0 Å². The molecule has 1 unspecified atom stereocenters. The molecule has 2 heteroatoms. The molecule has 0 aromatic heterocycles. The fraction of sp³-hybridized carbons (Fsp3) is 0.500. The average Bonchev–Trinajstić information content (AvgIpc) is 2.00. The fourth-order valence-electron chi connectivity index (χ4n) is 0.604. The van der Waals surface area contributed by atoms with Crippen molar-refractivity contribution in [2.75, 3.05) is 7.11 Å². The maximum atomic E-state index is 5.14. The van der Waals surface area contributed by atoms with Crippen LogP contribution in [0.3, 0.4) is 0 Å². The van der Waals surface area contributed by atoms with E-state index in [1.807, 2.05) is 6.08 Å². The van der Waals surface area contributed by atoms with Crippen LogP contribution in [-0.4, -0.2) is 22.6 Å². The van der Waals surface area contributed by atoms with Crippen molar-refractivity contribution in [2.45, 2.75) is 18.1 Å². The molecule has 0 amide bonds. The summed E-state index contributed by atoms with van der Waals surface area (Å²) < 4.78 is 5.14. The molecule has 55 valence electrons. The van der Waals surface area contributed by atoms with E-state index in [1.54, 1.807) is 13.2 Å². The maximum absolute atomic E-state index is 5.14. The summed E-state index contributed by atoms with van der Waals surface area (Å²) in [4.78, 5) is 0. The predicted molar refractivity (Wildman–Crippen MR) is 45.1 cm³/mol. The van der Waals surface area contributed by atoms with Gasteiger partial charge in [0.05, 0.1) is 15.5 Å². The van der Waals surface area contributed by atoms with E-state index < -0.39 is 0 Å². The van der Waals surface area contributed by atoms with Gasteiger partial charge in [-0.25, -0.2) is 0 Å². The van der Waals surface area contributed by atoms with Gasteiger partial charge in [0.2, 0.25) is 0 Å². The van der Waals surface area contributed by atoms with Gasteiger partial charge in [-0.2, -0.15) is 0 Å². The Morgan fingerprint density at radius 1 is 1.60 bits per heavy atom. The second kappa shape index (κ2) is 4.47. The van der Waals surface area contributed by atoms with Gasteiger partial charge in [0, 0.05) is 7.11 Å². The van der Waals surface area contributed by atoms with Crippen LogP contribution in [0.1, 0.15) is 12.8 Å². The van der Waals surface area contributed by atoms with Crippen LogP contribution in [0.2, 0.25) is 0 Å². The highest BCUT2D eigenvalue weighted by Crippen LogP contribution is 2.13. The summed E-state index contributed by atoms with van der Waals surface area (Å²) in [6.07, 6.45) is 5.39. The lowest BCUT2D eigenvalue weighted by molar-refractivity contribution is 0.0973. The summed E-state index contributed by atoms with van der Waals surface area (Å²) in [5.74, 6) is 0.